The normalized spacial score (nSPS) is 18.1. The van der Waals surface area contributed by atoms with E-state index in [-0.39, 0.29) is 0 Å². The zero-order valence-electron chi connectivity index (χ0n) is 8.08. The second-order valence-electron chi connectivity index (χ2n) is 3.51. The molecule has 0 N–H and O–H groups in total. The van der Waals surface area contributed by atoms with Crippen molar-refractivity contribution in [2.45, 2.75) is 12.8 Å². The van der Waals surface area contributed by atoms with Gasteiger partial charge in [-0.1, -0.05) is 23.7 Å². The smallest absolute Gasteiger partial charge is 0.0843 e. The SMILES string of the molecule is Clc1ccc(/C=C/[S+]2CCCC2)cc1. The van der Waals surface area contributed by atoms with Gasteiger partial charge >= 0.3 is 0 Å². The second-order valence-corrected chi connectivity index (χ2v) is 6.11. The molecule has 0 aliphatic carbocycles. The van der Waals surface area contributed by atoms with Crippen LogP contribution >= 0.6 is 11.6 Å². The Kier molecular flexibility index (Phi) is 3.55. The summed E-state index contributed by atoms with van der Waals surface area (Å²) < 4.78 is 0. The number of benzene rings is 1. The summed E-state index contributed by atoms with van der Waals surface area (Å²) in [5.41, 5.74) is 1.26. The van der Waals surface area contributed by atoms with Gasteiger partial charge in [-0.25, -0.2) is 0 Å². The lowest BCUT2D eigenvalue weighted by atomic mass is 10.2. The van der Waals surface area contributed by atoms with Crippen molar-refractivity contribution in [3.05, 3.63) is 40.3 Å². The molecule has 14 heavy (non-hydrogen) atoms. The summed E-state index contributed by atoms with van der Waals surface area (Å²) in [4.78, 5) is 0. The molecule has 0 aromatic heterocycles. The lowest BCUT2D eigenvalue weighted by molar-refractivity contribution is 0.949. The quantitative estimate of drug-likeness (QED) is 0.673. The maximum absolute atomic E-state index is 5.82. The van der Waals surface area contributed by atoms with Gasteiger partial charge in [0.25, 0.3) is 0 Å². The van der Waals surface area contributed by atoms with Crippen molar-refractivity contribution < 1.29 is 0 Å². The molecule has 1 heterocycles. The molecule has 0 bridgehead atoms. The zero-order valence-corrected chi connectivity index (χ0v) is 9.65. The number of halogens is 1. The fraction of sp³-hybridized carbons (Fsp3) is 0.333. The van der Waals surface area contributed by atoms with E-state index in [1.807, 2.05) is 12.1 Å². The minimum atomic E-state index is 0.553. The van der Waals surface area contributed by atoms with E-state index in [9.17, 15) is 0 Å². The molecule has 1 aromatic rings. The third kappa shape index (κ3) is 2.79. The van der Waals surface area contributed by atoms with Crippen molar-refractivity contribution in [3.63, 3.8) is 0 Å². The zero-order chi connectivity index (χ0) is 9.80. The van der Waals surface area contributed by atoms with Crippen molar-refractivity contribution >= 4 is 28.6 Å². The summed E-state index contributed by atoms with van der Waals surface area (Å²) in [5.74, 6) is 2.79. The molecular weight excluding hydrogens is 212 g/mol. The highest BCUT2D eigenvalue weighted by Gasteiger charge is 2.20. The standard InChI is InChI=1S/C12H14ClS/c13-12-5-3-11(4-6-12)7-10-14-8-1-2-9-14/h3-7,10H,1-2,8-9H2/q+1/b10-7+. The van der Waals surface area contributed by atoms with Gasteiger partial charge in [0.15, 0.2) is 0 Å². The molecule has 1 aliphatic heterocycles. The van der Waals surface area contributed by atoms with Gasteiger partial charge in [-0.05, 0) is 36.6 Å². The topological polar surface area (TPSA) is 0 Å². The average Bonchev–Trinajstić information content (AvgIpc) is 2.70. The fourth-order valence-corrected chi connectivity index (χ4v) is 3.66. The first-order valence-corrected chi connectivity index (χ1v) is 6.95. The van der Waals surface area contributed by atoms with Crippen LogP contribution in [0.25, 0.3) is 6.08 Å². The van der Waals surface area contributed by atoms with Gasteiger partial charge < -0.3 is 0 Å². The van der Waals surface area contributed by atoms with Gasteiger partial charge in [-0.3, -0.25) is 0 Å². The van der Waals surface area contributed by atoms with Crippen molar-refractivity contribution in [1.82, 2.24) is 0 Å². The Balaban J connectivity index is 1.99. The van der Waals surface area contributed by atoms with Gasteiger partial charge in [-0.15, -0.1) is 0 Å². The van der Waals surface area contributed by atoms with Crippen LogP contribution in [-0.2, 0) is 10.9 Å². The van der Waals surface area contributed by atoms with Crippen molar-refractivity contribution in [2.75, 3.05) is 11.5 Å². The van der Waals surface area contributed by atoms with E-state index in [0.29, 0.717) is 10.9 Å². The van der Waals surface area contributed by atoms with Crippen LogP contribution in [0.3, 0.4) is 0 Å². The third-order valence-electron chi connectivity index (χ3n) is 2.39. The van der Waals surface area contributed by atoms with Gasteiger partial charge in [0.1, 0.15) is 16.9 Å². The summed E-state index contributed by atoms with van der Waals surface area (Å²) >= 11 is 5.82. The Labute approximate surface area is 93.3 Å². The molecule has 74 valence electrons. The van der Waals surface area contributed by atoms with Crippen molar-refractivity contribution in [1.29, 1.82) is 0 Å². The molecule has 0 unspecified atom stereocenters. The predicted octanol–water partition coefficient (Wildman–Crippen LogP) is 3.72. The Morgan fingerprint density at radius 1 is 1.07 bits per heavy atom. The number of rotatable bonds is 2. The van der Waals surface area contributed by atoms with Crippen LogP contribution in [-0.4, -0.2) is 11.5 Å². The largest absolute Gasteiger partial charge is 0.119 e. The molecule has 1 aromatic carbocycles. The predicted molar refractivity (Wildman–Crippen MR) is 66.8 cm³/mol. The number of hydrogen-bond acceptors (Lipinski definition) is 0. The third-order valence-corrected chi connectivity index (χ3v) is 4.79. The average molecular weight is 226 g/mol. The van der Waals surface area contributed by atoms with Crippen LogP contribution in [0.5, 0.6) is 0 Å². The molecular formula is C12H14ClS+. The van der Waals surface area contributed by atoms with Crippen LogP contribution in [0.15, 0.2) is 29.7 Å². The Bertz CT molecular complexity index is 310. The van der Waals surface area contributed by atoms with E-state index < -0.39 is 0 Å². The van der Waals surface area contributed by atoms with E-state index in [1.54, 1.807) is 0 Å². The molecule has 0 nitrogen and oxygen atoms in total. The van der Waals surface area contributed by atoms with E-state index in [4.69, 9.17) is 11.6 Å². The highest BCUT2D eigenvalue weighted by Crippen LogP contribution is 2.17. The van der Waals surface area contributed by atoms with Crippen LogP contribution in [0.2, 0.25) is 5.02 Å². The summed E-state index contributed by atoms with van der Waals surface area (Å²) in [6.45, 7) is 0. The summed E-state index contributed by atoms with van der Waals surface area (Å²) in [7, 11) is 0.553. The molecule has 2 heteroatoms. The van der Waals surface area contributed by atoms with Gasteiger partial charge in [0.2, 0.25) is 0 Å². The Hall–Kier alpha value is -0.400. The molecule has 0 atom stereocenters. The first-order valence-electron chi connectivity index (χ1n) is 4.95. The lowest BCUT2D eigenvalue weighted by Crippen LogP contribution is -1.96. The van der Waals surface area contributed by atoms with Crippen LogP contribution < -0.4 is 0 Å². The van der Waals surface area contributed by atoms with Crippen LogP contribution in [0, 0.1) is 0 Å². The minimum Gasteiger partial charge on any atom is -0.0843 e. The summed E-state index contributed by atoms with van der Waals surface area (Å²) in [6, 6.07) is 8.02. The van der Waals surface area contributed by atoms with Gasteiger partial charge in [0, 0.05) is 15.9 Å². The Morgan fingerprint density at radius 2 is 1.71 bits per heavy atom. The highest BCUT2D eigenvalue weighted by molar-refractivity contribution is 7.99. The first-order chi connectivity index (χ1) is 6.84. The molecule has 1 aliphatic rings. The van der Waals surface area contributed by atoms with Crippen LogP contribution in [0.4, 0.5) is 0 Å². The summed E-state index contributed by atoms with van der Waals surface area (Å²) in [5, 5.41) is 3.18. The molecule has 1 saturated heterocycles. The maximum atomic E-state index is 5.82. The first kappa shape index (κ1) is 10.1. The molecule has 1 fully saturated rings. The highest BCUT2D eigenvalue weighted by atomic mass is 35.5. The Morgan fingerprint density at radius 3 is 2.36 bits per heavy atom. The lowest BCUT2D eigenvalue weighted by Gasteiger charge is -1.93. The minimum absolute atomic E-state index is 0.553. The van der Waals surface area contributed by atoms with Crippen molar-refractivity contribution in [3.8, 4) is 0 Å². The van der Waals surface area contributed by atoms with Crippen LogP contribution in [0.1, 0.15) is 18.4 Å². The molecule has 2 rings (SSSR count). The number of hydrogen-bond donors (Lipinski definition) is 0. The van der Waals surface area contributed by atoms with E-state index in [1.165, 1.54) is 29.9 Å². The van der Waals surface area contributed by atoms with E-state index in [0.717, 1.165) is 5.02 Å². The monoisotopic (exact) mass is 225 g/mol. The van der Waals surface area contributed by atoms with Gasteiger partial charge in [0.05, 0.1) is 0 Å². The summed E-state index contributed by atoms with van der Waals surface area (Å²) in [6.07, 6.45) is 5.05. The molecule has 0 saturated carbocycles. The molecule has 0 spiro atoms. The molecule has 0 radical (unpaired) electrons. The second kappa shape index (κ2) is 4.90. The maximum Gasteiger partial charge on any atom is 0.119 e. The van der Waals surface area contributed by atoms with Gasteiger partial charge in [-0.2, -0.15) is 0 Å². The van der Waals surface area contributed by atoms with Crippen molar-refractivity contribution in [2.24, 2.45) is 0 Å². The van der Waals surface area contributed by atoms with E-state index in [2.05, 4.69) is 23.6 Å². The fourth-order valence-electron chi connectivity index (χ4n) is 1.56. The molecule has 0 amide bonds. The van der Waals surface area contributed by atoms with E-state index >= 15 is 0 Å².